The van der Waals surface area contributed by atoms with Crippen LogP contribution in [0.5, 0.6) is 0 Å². The first-order chi connectivity index (χ1) is 36.5. The fraction of sp³-hybridized carbons (Fsp3) is 0.0286. The normalized spacial score (nSPS) is 11.9. The Morgan fingerprint density at radius 3 is 1.07 bits per heavy atom. The van der Waals surface area contributed by atoms with Gasteiger partial charge in [-0.2, -0.15) is 0 Å². The van der Waals surface area contributed by atoms with Crippen LogP contribution in [0.4, 0.5) is 34.1 Å². The number of benzene rings is 12. The SMILES string of the molecule is Cc1ccc(-c2ccccc2)cc1N(c1ccc2cc3c(cc2c1)-c1cc2cc(N(c4ccc5c(c4)oc4ccccc45)c4cc(-c5ccccc5)ccc4C)ccc2cc1-3)c1ccc2c(c1)oc1ccccc12. The first-order valence-corrected chi connectivity index (χ1v) is 25.4. The Kier molecular flexibility index (Phi) is 9.36. The minimum absolute atomic E-state index is 0.867. The van der Waals surface area contributed by atoms with Crippen LogP contribution < -0.4 is 9.80 Å². The third-order valence-corrected chi connectivity index (χ3v) is 15.4. The highest BCUT2D eigenvalue weighted by atomic mass is 16.3. The number of para-hydroxylation sites is 2. The highest BCUT2D eigenvalue weighted by molar-refractivity contribution is 6.13. The van der Waals surface area contributed by atoms with Crippen molar-refractivity contribution in [1.29, 1.82) is 0 Å². The van der Waals surface area contributed by atoms with Gasteiger partial charge in [0.1, 0.15) is 22.3 Å². The molecule has 0 saturated carbocycles. The summed E-state index contributed by atoms with van der Waals surface area (Å²) in [7, 11) is 0. The van der Waals surface area contributed by atoms with E-state index in [1.165, 1.54) is 77.2 Å². The maximum absolute atomic E-state index is 6.49. The number of anilines is 6. The van der Waals surface area contributed by atoms with Crippen LogP contribution in [0, 0.1) is 13.8 Å². The highest BCUT2D eigenvalue weighted by Gasteiger charge is 2.26. The van der Waals surface area contributed by atoms with Crippen LogP contribution >= 0.6 is 0 Å². The lowest BCUT2D eigenvalue weighted by atomic mass is 9.78. The molecule has 0 N–H and O–H groups in total. The molecule has 0 radical (unpaired) electrons. The molecule has 12 aromatic carbocycles. The Morgan fingerprint density at radius 1 is 0.257 bits per heavy atom. The Hall–Kier alpha value is -9.64. The molecule has 2 aromatic heterocycles. The number of rotatable bonds is 8. The van der Waals surface area contributed by atoms with Crippen LogP contribution in [-0.2, 0) is 0 Å². The number of aryl methyl sites for hydroxylation is 2. The van der Waals surface area contributed by atoms with Crippen molar-refractivity contribution in [2.75, 3.05) is 9.80 Å². The molecule has 14 aromatic rings. The fourth-order valence-electron chi connectivity index (χ4n) is 11.6. The van der Waals surface area contributed by atoms with Gasteiger partial charge >= 0.3 is 0 Å². The van der Waals surface area contributed by atoms with Gasteiger partial charge in [0.15, 0.2) is 0 Å². The van der Waals surface area contributed by atoms with E-state index < -0.39 is 0 Å². The Bertz CT molecular complexity index is 4290. The van der Waals surface area contributed by atoms with Crippen molar-refractivity contribution in [3.8, 4) is 44.5 Å². The minimum Gasteiger partial charge on any atom is -0.456 e. The maximum Gasteiger partial charge on any atom is 0.137 e. The molecule has 348 valence electrons. The van der Waals surface area contributed by atoms with E-state index in [2.05, 4.69) is 242 Å². The molecule has 0 unspecified atom stereocenters. The molecule has 4 nitrogen and oxygen atoms in total. The number of nitrogens with zero attached hydrogens (tertiary/aromatic N) is 2. The van der Waals surface area contributed by atoms with E-state index in [-0.39, 0.29) is 0 Å². The monoisotopic (exact) mass is 946 g/mol. The summed E-state index contributed by atoms with van der Waals surface area (Å²) in [6.07, 6.45) is 0. The predicted octanol–water partition coefficient (Wildman–Crippen LogP) is 20.3. The van der Waals surface area contributed by atoms with Gasteiger partial charge in [-0.1, -0.05) is 133 Å². The average Bonchev–Trinajstić information content (AvgIpc) is 4.02. The van der Waals surface area contributed by atoms with Crippen molar-refractivity contribution in [3.05, 3.63) is 254 Å². The second kappa shape index (κ2) is 16.5. The lowest BCUT2D eigenvalue weighted by Crippen LogP contribution is -2.12. The standard InChI is InChI=1S/C70H46N2O2/c1-43-21-23-49(45-13-5-3-6-14-45)39-65(43)71(55-29-31-59-57-17-9-11-19-67(57)73-69(59)41-55)53-27-25-47-35-61-62-36-48-26-28-54(34-52(48)38-64(62)63(61)37-51(47)33-53)72(66-40-50(24-22-44(66)2)46-15-7-4-8-16-46)56-30-32-60-58-18-10-12-20-68(58)74-70(60)42-56/h3-42H,1-2H3. The average molecular weight is 947 g/mol. The van der Waals surface area contributed by atoms with Gasteiger partial charge in [0.2, 0.25) is 0 Å². The highest BCUT2D eigenvalue weighted by Crippen LogP contribution is 2.52. The van der Waals surface area contributed by atoms with Gasteiger partial charge in [-0.25, -0.2) is 0 Å². The van der Waals surface area contributed by atoms with E-state index in [0.29, 0.717) is 0 Å². The van der Waals surface area contributed by atoms with Crippen molar-refractivity contribution < 1.29 is 8.83 Å². The number of hydrogen-bond donors (Lipinski definition) is 0. The van der Waals surface area contributed by atoms with Crippen molar-refractivity contribution in [1.82, 2.24) is 0 Å². The molecule has 1 aliphatic carbocycles. The molecular weight excluding hydrogens is 901 g/mol. The Balaban J connectivity index is 0.851. The maximum atomic E-state index is 6.49. The van der Waals surface area contributed by atoms with E-state index >= 15 is 0 Å². The molecule has 0 saturated heterocycles. The van der Waals surface area contributed by atoms with Crippen LogP contribution in [-0.4, -0.2) is 0 Å². The smallest absolute Gasteiger partial charge is 0.137 e. The second-order valence-electron chi connectivity index (χ2n) is 19.8. The van der Waals surface area contributed by atoms with Crippen molar-refractivity contribution in [3.63, 3.8) is 0 Å². The quantitative estimate of drug-likeness (QED) is 0.152. The topological polar surface area (TPSA) is 32.8 Å². The summed E-state index contributed by atoms with van der Waals surface area (Å²) < 4.78 is 13.0. The summed E-state index contributed by atoms with van der Waals surface area (Å²) in [5.41, 5.74) is 22.2. The van der Waals surface area contributed by atoms with Gasteiger partial charge in [0.05, 0.1) is 0 Å². The molecular formula is C70H46N2O2. The van der Waals surface area contributed by atoms with Crippen LogP contribution in [0.15, 0.2) is 251 Å². The van der Waals surface area contributed by atoms with Gasteiger partial charge < -0.3 is 18.6 Å². The Labute approximate surface area is 428 Å². The molecule has 2 heterocycles. The first kappa shape index (κ1) is 42.1. The number of fused-ring (bicyclic) bond motifs is 12. The van der Waals surface area contributed by atoms with Gasteiger partial charge in [-0.05, 0) is 188 Å². The molecule has 0 spiro atoms. The molecule has 1 aliphatic rings. The third-order valence-electron chi connectivity index (χ3n) is 15.4. The first-order valence-electron chi connectivity index (χ1n) is 25.4. The van der Waals surface area contributed by atoms with Gasteiger partial charge in [0.25, 0.3) is 0 Å². The number of hydrogen-bond acceptors (Lipinski definition) is 4. The summed E-state index contributed by atoms with van der Waals surface area (Å²) in [6.45, 7) is 4.41. The molecule has 0 amide bonds. The summed E-state index contributed by atoms with van der Waals surface area (Å²) in [5.74, 6) is 0. The zero-order chi connectivity index (χ0) is 49.0. The van der Waals surface area contributed by atoms with E-state index in [0.717, 1.165) is 78.0 Å². The molecule has 0 aliphatic heterocycles. The zero-order valence-electron chi connectivity index (χ0n) is 40.8. The fourth-order valence-corrected chi connectivity index (χ4v) is 11.6. The largest absolute Gasteiger partial charge is 0.456 e. The summed E-state index contributed by atoms with van der Waals surface area (Å²) >= 11 is 0. The zero-order valence-corrected chi connectivity index (χ0v) is 40.8. The molecule has 74 heavy (non-hydrogen) atoms. The van der Waals surface area contributed by atoms with Crippen molar-refractivity contribution in [2.24, 2.45) is 0 Å². The van der Waals surface area contributed by atoms with Crippen LogP contribution in [0.3, 0.4) is 0 Å². The van der Waals surface area contributed by atoms with Crippen LogP contribution in [0.25, 0.3) is 110 Å². The molecule has 0 bridgehead atoms. The summed E-state index contributed by atoms with van der Waals surface area (Å²) in [4.78, 5) is 4.79. The van der Waals surface area contributed by atoms with E-state index in [9.17, 15) is 0 Å². The lowest BCUT2D eigenvalue weighted by molar-refractivity contribution is 0.668. The molecule has 0 fully saturated rings. The van der Waals surface area contributed by atoms with E-state index in [1.807, 2.05) is 24.3 Å². The second-order valence-corrected chi connectivity index (χ2v) is 19.8. The summed E-state index contributed by atoms with van der Waals surface area (Å²) in [5, 5.41) is 9.26. The van der Waals surface area contributed by atoms with Crippen molar-refractivity contribution in [2.45, 2.75) is 13.8 Å². The van der Waals surface area contributed by atoms with Gasteiger partial charge in [-0.15, -0.1) is 0 Å². The molecule has 4 heteroatoms. The van der Waals surface area contributed by atoms with Gasteiger partial charge in [-0.3, -0.25) is 0 Å². The van der Waals surface area contributed by atoms with E-state index in [1.54, 1.807) is 0 Å². The third kappa shape index (κ3) is 6.76. The van der Waals surface area contributed by atoms with E-state index in [4.69, 9.17) is 8.83 Å². The minimum atomic E-state index is 0.867. The Morgan fingerprint density at radius 2 is 0.622 bits per heavy atom. The van der Waals surface area contributed by atoms with Gasteiger partial charge in [0, 0.05) is 67.8 Å². The number of furan rings is 2. The predicted molar refractivity (Wildman–Crippen MR) is 310 cm³/mol. The summed E-state index contributed by atoms with van der Waals surface area (Å²) in [6, 6.07) is 88.1. The van der Waals surface area contributed by atoms with Crippen LogP contribution in [0.1, 0.15) is 11.1 Å². The van der Waals surface area contributed by atoms with Crippen molar-refractivity contribution >= 4 is 99.5 Å². The lowest BCUT2D eigenvalue weighted by Gasteiger charge is -2.30. The van der Waals surface area contributed by atoms with Crippen LogP contribution in [0.2, 0.25) is 0 Å². The molecule has 15 rings (SSSR count). The molecule has 0 atom stereocenters.